The zero-order valence-corrected chi connectivity index (χ0v) is 14.8. The van der Waals surface area contributed by atoms with Crippen LogP contribution in [-0.4, -0.2) is 78.6 Å². The van der Waals surface area contributed by atoms with Crippen LogP contribution in [0, 0.1) is 0 Å². The minimum atomic E-state index is -3.88. The molecule has 134 valence electrons. The second-order valence-corrected chi connectivity index (χ2v) is 8.44. The third-order valence-corrected chi connectivity index (χ3v) is 4.06. The van der Waals surface area contributed by atoms with Crippen molar-refractivity contribution in [1.82, 2.24) is 9.21 Å². The fourth-order valence-electron chi connectivity index (χ4n) is 2.15. The first-order chi connectivity index (χ1) is 10.3. The molecule has 1 fully saturated rings. The van der Waals surface area contributed by atoms with E-state index in [9.17, 15) is 18.0 Å². The van der Waals surface area contributed by atoms with Gasteiger partial charge in [0, 0.05) is 0 Å². The lowest BCUT2D eigenvalue weighted by molar-refractivity contribution is -0.0743. The number of carbonyl (C=O) groups excluding carboxylic acids is 1. The third-order valence-electron chi connectivity index (χ3n) is 2.96. The van der Waals surface area contributed by atoms with Gasteiger partial charge in [0.05, 0.1) is 38.1 Å². The van der Waals surface area contributed by atoms with Crippen molar-refractivity contribution in [3.8, 4) is 0 Å². The van der Waals surface area contributed by atoms with Crippen molar-refractivity contribution < 1.29 is 32.6 Å². The summed E-state index contributed by atoms with van der Waals surface area (Å²) in [6.45, 7) is 6.41. The van der Waals surface area contributed by atoms with Crippen LogP contribution in [0.4, 0.5) is 9.59 Å². The first kappa shape index (κ1) is 19.5. The lowest BCUT2D eigenvalue weighted by Gasteiger charge is -2.37. The Labute approximate surface area is 136 Å². The van der Waals surface area contributed by atoms with Crippen molar-refractivity contribution in [2.45, 2.75) is 45.5 Å². The number of morpholine rings is 1. The predicted molar refractivity (Wildman–Crippen MR) is 81.7 cm³/mol. The topological polar surface area (TPSA) is 113 Å². The highest BCUT2D eigenvalue weighted by Gasteiger charge is 2.35. The maximum Gasteiger partial charge on any atom is 0.424 e. The van der Waals surface area contributed by atoms with E-state index in [1.54, 1.807) is 27.7 Å². The molecule has 0 aromatic carbocycles. The minimum Gasteiger partial charge on any atom is -0.465 e. The Hall–Kier alpha value is -1.55. The van der Waals surface area contributed by atoms with Crippen LogP contribution in [0.5, 0.6) is 0 Å². The molecular formula is C13H24N2O7S. The molecule has 0 aliphatic carbocycles. The predicted octanol–water partition coefficient (Wildman–Crippen LogP) is 0.950. The molecule has 0 radical (unpaired) electrons. The molecule has 0 aromatic rings. The summed E-state index contributed by atoms with van der Waals surface area (Å²) >= 11 is 0. The average molecular weight is 352 g/mol. The van der Waals surface area contributed by atoms with Crippen LogP contribution in [-0.2, 0) is 19.5 Å². The van der Waals surface area contributed by atoms with Gasteiger partial charge in [-0.25, -0.2) is 22.3 Å². The molecule has 0 saturated carbocycles. The van der Waals surface area contributed by atoms with Gasteiger partial charge in [0.15, 0.2) is 0 Å². The Bertz CT molecular complexity index is 555. The molecule has 1 aliphatic heterocycles. The average Bonchev–Trinajstić information content (AvgIpc) is 2.31. The van der Waals surface area contributed by atoms with E-state index in [1.165, 1.54) is 0 Å². The summed E-state index contributed by atoms with van der Waals surface area (Å²) in [6, 6.07) is 0. The Morgan fingerprint density at radius 1 is 1.35 bits per heavy atom. The van der Waals surface area contributed by atoms with E-state index < -0.39 is 40.0 Å². The van der Waals surface area contributed by atoms with Crippen LogP contribution in [0.1, 0.15) is 27.7 Å². The summed E-state index contributed by atoms with van der Waals surface area (Å²) in [7, 11) is -3.88. The molecule has 23 heavy (non-hydrogen) atoms. The molecule has 1 saturated heterocycles. The van der Waals surface area contributed by atoms with E-state index in [2.05, 4.69) is 0 Å². The summed E-state index contributed by atoms with van der Waals surface area (Å²) in [5, 5.41) is 9.08. The molecule has 1 heterocycles. The third kappa shape index (κ3) is 6.22. The minimum absolute atomic E-state index is 0.0194. The van der Waals surface area contributed by atoms with E-state index in [1.807, 2.05) is 0 Å². The number of carboxylic acid groups (broad SMARTS) is 1. The highest BCUT2D eigenvalue weighted by Crippen LogP contribution is 2.17. The fourth-order valence-corrected chi connectivity index (χ4v) is 2.89. The van der Waals surface area contributed by atoms with E-state index in [0.717, 1.165) is 11.2 Å². The molecule has 2 unspecified atom stereocenters. The van der Waals surface area contributed by atoms with Crippen LogP contribution in [0.25, 0.3) is 0 Å². The van der Waals surface area contributed by atoms with Crippen molar-refractivity contribution in [3.05, 3.63) is 0 Å². The molecule has 1 rings (SSSR count). The summed E-state index contributed by atoms with van der Waals surface area (Å²) < 4.78 is 35.0. The Balaban J connectivity index is 2.89. The number of sulfonamides is 1. The largest absolute Gasteiger partial charge is 0.465 e. The van der Waals surface area contributed by atoms with E-state index >= 15 is 0 Å². The molecule has 1 aliphatic rings. The zero-order valence-electron chi connectivity index (χ0n) is 14.0. The summed E-state index contributed by atoms with van der Waals surface area (Å²) in [6.07, 6.45) is -2.39. The van der Waals surface area contributed by atoms with Gasteiger partial charge in [-0.15, -0.1) is 0 Å². The van der Waals surface area contributed by atoms with Gasteiger partial charge >= 0.3 is 12.2 Å². The van der Waals surface area contributed by atoms with Crippen molar-refractivity contribution in [3.63, 3.8) is 0 Å². The lowest BCUT2D eigenvalue weighted by Crippen LogP contribution is -2.54. The summed E-state index contributed by atoms with van der Waals surface area (Å²) in [5.41, 5.74) is -0.853. The van der Waals surface area contributed by atoms with Crippen LogP contribution >= 0.6 is 0 Å². The van der Waals surface area contributed by atoms with Gasteiger partial charge < -0.3 is 19.5 Å². The molecule has 0 bridgehead atoms. The number of rotatable bonds is 3. The highest BCUT2D eigenvalue weighted by atomic mass is 32.2. The lowest BCUT2D eigenvalue weighted by atomic mass is 10.2. The van der Waals surface area contributed by atoms with Crippen molar-refractivity contribution >= 4 is 22.2 Å². The van der Waals surface area contributed by atoms with Gasteiger partial charge in [-0.1, -0.05) is 0 Å². The van der Waals surface area contributed by atoms with Crippen molar-refractivity contribution in [2.24, 2.45) is 0 Å². The van der Waals surface area contributed by atoms with Gasteiger partial charge in [0.1, 0.15) is 5.60 Å². The fraction of sp³-hybridized carbons (Fsp3) is 0.846. The molecule has 1 N–H and O–H groups in total. The maximum absolute atomic E-state index is 12.1. The zero-order chi connectivity index (χ0) is 18.0. The van der Waals surface area contributed by atoms with Crippen LogP contribution in [0.3, 0.4) is 0 Å². The Morgan fingerprint density at radius 3 is 2.35 bits per heavy atom. The Kier molecular flexibility index (Phi) is 5.86. The number of carbonyl (C=O) groups is 2. The van der Waals surface area contributed by atoms with Crippen molar-refractivity contribution in [1.29, 1.82) is 0 Å². The first-order valence-electron chi connectivity index (χ1n) is 7.13. The molecular weight excluding hydrogens is 328 g/mol. The molecule has 0 spiro atoms. The number of hydrogen-bond donors (Lipinski definition) is 1. The number of ether oxygens (including phenoxy) is 2. The van der Waals surface area contributed by atoms with Gasteiger partial charge in [-0.3, -0.25) is 0 Å². The number of hydrogen-bond acceptors (Lipinski definition) is 6. The van der Waals surface area contributed by atoms with Gasteiger partial charge in [-0.05, 0) is 27.7 Å². The molecule has 9 nitrogen and oxygen atoms in total. The Morgan fingerprint density at radius 2 is 1.91 bits per heavy atom. The second-order valence-electron chi connectivity index (χ2n) is 6.53. The molecule has 2 atom stereocenters. The second kappa shape index (κ2) is 6.91. The van der Waals surface area contributed by atoms with Crippen LogP contribution in [0.2, 0.25) is 0 Å². The summed E-state index contributed by atoms with van der Waals surface area (Å²) in [4.78, 5) is 24.3. The number of amides is 2. The maximum atomic E-state index is 12.1. The standard InChI is InChI=1S/C13H24N2O7S/c1-9-6-14(11(16)17)7-10(21-9)8-15(23(5,19)20)12(18)22-13(2,3)4/h9-10H,6-8H2,1-5H3,(H,16,17). The molecule has 2 amide bonds. The summed E-state index contributed by atoms with van der Waals surface area (Å²) in [5.74, 6) is 0. The van der Waals surface area contributed by atoms with Crippen LogP contribution in [0.15, 0.2) is 0 Å². The smallest absolute Gasteiger partial charge is 0.424 e. The van der Waals surface area contributed by atoms with Crippen molar-refractivity contribution in [2.75, 3.05) is 25.9 Å². The quantitative estimate of drug-likeness (QED) is 0.804. The highest BCUT2D eigenvalue weighted by molar-refractivity contribution is 7.88. The normalized spacial score (nSPS) is 22.6. The molecule has 10 heteroatoms. The SMILES string of the molecule is CC1CN(C(=O)O)CC(CN(C(=O)OC(C)(C)C)S(C)(=O)=O)O1. The van der Waals surface area contributed by atoms with Gasteiger partial charge in [0.25, 0.3) is 0 Å². The van der Waals surface area contributed by atoms with E-state index in [-0.39, 0.29) is 19.6 Å². The van der Waals surface area contributed by atoms with E-state index in [4.69, 9.17) is 14.6 Å². The molecule has 0 aromatic heterocycles. The first-order valence-corrected chi connectivity index (χ1v) is 8.98. The number of nitrogens with zero attached hydrogens (tertiary/aromatic N) is 2. The van der Waals surface area contributed by atoms with Crippen LogP contribution < -0.4 is 0 Å². The van der Waals surface area contributed by atoms with E-state index in [0.29, 0.717) is 4.31 Å². The van der Waals surface area contributed by atoms with Gasteiger partial charge in [-0.2, -0.15) is 0 Å². The van der Waals surface area contributed by atoms with Gasteiger partial charge in [0.2, 0.25) is 10.0 Å². The monoisotopic (exact) mass is 352 g/mol.